The van der Waals surface area contributed by atoms with Crippen molar-refractivity contribution in [3.63, 3.8) is 0 Å². The van der Waals surface area contributed by atoms with E-state index in [9.17, 15) is 27.6 Å². The van der Waals surface area contributed by atoms with Gasteiger partial charge in [-0.25, -0.2) is 4.79 Å². The smallest absolute Gasteiger partial charge is 0.416 e. The van der Waals surface area contributed by atoms with Crippen molar-refractivity contribution in [2.45, 2.75) is 18.6 Å². The van der Waals surface area contributed by atoms with Gasteiger partial charge in [-0.2, -0.15) is 13.2 Å². The lowest BCUT2D eigenvalue weighted by Gasteiger charge is -2.19. The van der Waals surface area contributed by atoms with Crippen LogP contribution in [0.15, 0.2) is 65.6 Å². The van der Waals surface area contributed by atoms with Gasteiger partial charge in [-0.15, -0.1) is 6.42 Å². The fourth-order valence-corrected chi connectivity index (χ4v) is 3.43. The molecule has 35 heavy (non-hydrogen) atoms. The highest BCUT2D eigenvalue weighted by Gasteiger charge is 2.30. The monoisotopic (exact) mass is 502 g/mol. The molecule has 0 bridgehead atoms. The van der Waals surface area contributed by atoms with Gasteiger partial charge in [0.25, 0.3) is 11.5 Å². The maximum Gasteiger partial charge on any atom is 0.416 e. The van der Waals surface area contributed by atoms with Gasteiger partial charge >= 0.3 is 12.1 Å². The summed E-state index contributed by atoms with van der Waals surface area (Å²) in [4.78, 5) is 38.5. The third-order valence-corrected chi connectivity index (χ3v) is 5.39. The first-order chi connectivity index (χ1) is 16.5. The van der Waals surface area contributed by atoms with Crippen LogP contribution in [0.1, 0.15) is 33.1 Å². The van der Waals surface area contributed by atoms with E-state index < -0.39 is 35.2 Å². The minimum absolute atomic E-state index is 0.0293. The number of aromatic nitrogens is 1. The predicted molar refractivity (Wildman–Crippen MR) is 124 cm³/mol. The Bertz CT molecular complexity index is 1340. The molecule has 10 heteroatoms. The fraction of sp³-hybridized carbons (Fsp3) is 0.160. The molecule has 1 unspecified atom stereocenters. The van der Waals surface area contributed by atoms with E-state index in [1.54, 1.807) is 24.3 Å². The third kappa shape index (κ3) is 5.91. The number of carbonyl (C=O) groups excluding carboxylic acids is 2. The van der Waals surface area contributed by atoms with E-state index in [0.29, 0.717) is 10.6 Å². The average Bonchev–Trinajstić information content (AvgIpc) is 2.84. The summed E-state index contributed by atoms with van der Waals surface area (Å²) >= 11 is 5.90. The number of hydrogen-bond donors (Lipinski definition) is 1. The number of methoxy groups -OCH3 is 1. The second-order valence-electron chi connectivity index (χ2n) is 7.36. The Balaban J connectivity index is 1.98. The Kier molecular flexibility index (Phi) is 7.67. The maximum absolute atomic E-state index is 13.3. The number of terminal acetylenes is 1. The molecular weight excluding hydrogens is 485 g/mol. The second-order valence-corrected chi connectivity index (χ2v) is 7.80. The van der Waals surface area contributed by atoms with Crippen molar-refractivity contribution in [3.05, 3.63) is 98.4 Å². The van der Waals surface area contributed by atoms with Crippen LogP contribution in [0.4, 0.5) is 18.9 Å². The lowest BCUT2D eigenvalue weighted by Crippen LogP contribution is -2.34. The molecule has 0 spiro atoms. The topological polar surface area (TPSA) is 77.4 Å². The van der Waals surface area contributed by atoms with Gasteiger partial charge in [-0.05, 0) is 48.0 Å². The molecule has 180 valence electrons. The Hall–Kier alpha value is -4.03. The van der Waals surface area contributed by atoms with Crippen LogP contribution in [-0.2, 0) is 22.1 Å². The molecule has 1 heterocycles. The van der Waals surface area contributed by atoms with Crippen LogP contribution in [0.2, 0.25) is 5.02 Å². The maximum atomic E-state index is 13.3. The van der Waals surface area contributed by atoms with Crippen LogP contribution in [0.3, 0.4) is 0 Å². The van der Waals surface area contributed by atoms with E-state index in [1.807, 2.05) is 0 Å². The number of rotatable bonds is 6. The van der Waals surface area contributed by atoms with Gasteiger partial charge in [0.15, 0.2) is 0 Å². The summed E-state index contributed by atoms with van der Waals surface area (Å²) in [5.74, 6) is 0.718. The van der Waals surface area contributed by atoms with Gasteiger partial charge in [0, 0.05) is 23.2 Å². The van der Waals surface area contributed by atoms with Crippen LogP contribution < -0.4 is 10.9 Å². The van der Waals surface area contributed by atoms with E-state index in [-0.39, 0.29) is 23.2 Å². The number of pyridine rings is 1. The lowest BCUT2D eigenvalue weighted by molar-refractivity contribution is -0.144. The van der Waals surface area contributed by atoms with E-state index in [0.717, 1.165) is 28.8 Å². The molecule has 1 amide bonds. The van der Waals surface area contributed by atoms with Crippen molar-refractivity contribution in [3.8, 4) is 12.3 Å². The Labute approximate surface area is 203 Å². The highest BCUT2D eigenvalue weighted by molar-refractivity contribution is 6.30. The molecule has 0 radical (unpaired) electrons. The normalized spacial score (nSPS) is 11.9. The van der Waals surface area contributed by atoms with Crippen molar-refractivity contribution >= 4 is 29.2 Å². The number of esters is 1. The molecule has 0 saturated heterocycles. The molecule has 0 aliphatic heterocycles. The molecule has 3 aromatic rings. The van der Waals surface area contributed by atoms with Crippen molar-refractivity contribution in [2.24, 2.45) is 0 Å². The zero-order valence-corrected chi connectivity index (χ0v) is 19.0. The largest absolute Gasteiger partial charge is 0.467 e. The summed E-state index contributed by atoms with van der Waals surface area (Å²) in [6.45, 7) is 0. The van der Waals surface area contributed by atoms with Crippen LogP contribution in [0, 0.1) is 12.3 Å². The zero-order valence-electron chi connectivity index (χ0n) is 18.2. The van der Waals surface area contributed by atoms with Crippen LogP contribution in [0.5, 0.6) is 0 Å². The summed E-state index contributed by atoms with van der Waals surface area (Å²) in [5.41, 5.74) is -1.42. The molecule has 0 aliphatic rings. The van der Waals surface area contributed by atoms with Crippen molar-refractivity contribution < 1.29 is 27.5 Å². The van der Waals surface area contributed by atoms with Gasteiger partial charge in [-0.1, -0.05) is 29.7 Å². The second kappa shape index (κ2) is 10.5. The Morgan fingerprint density at radius 3 is 2.29 bits per heavy atom. The number of hydrogen-bond acceptors (Lipinski definition) is 4. The molecule has 0 aliphatic carbocycles. The van der Waals surface area contributed by atoms with E-state index in [1.165, 1.54) is 19.4 Å². The van der Waals surface area contributed by atoms with Gasteiger partial charge in [0.2, 0.25) is 0 Å². The number of carbonyl (C=O) groups is 2. The summed E-state index contributed by atoms with van der Waals surface area (Å²) in [5, 5.41) is 2.85. The molecule has 1 aromatic heterocycles. The summed E-state index contributed by atoms with van der Waals surface area (Å²) in [6, 6.07) is 10.4. The van der Waals surface area contributed by atoms with E-state index in [4.69, 9.17) is 22.8 Å². The SMILES string of the molecule is C#Cc1ccn(C(Cc2ccc(Cl)cc2)C(=O)OC)c(=O)c1NC(=O)c1ccc(C(F)(F)F)cc1. The van der Waals surface area contributed by atoms with Gasteiger partial charge < -0.3 is 10.1 Å². The standard InChI is InChI=1S/C25H18ClF3N2O4/c1-3-16-12-13-31(20(24(34)35-2)14-15-4-10-19(26)11-5-15)23(33)21(16)30-22(32)17-6-8-18(9-7-17)25(27,28)29/h1,4-13,20H,14H2,2H3,(H,30,32). The Morgan fingerprint density at radius 1 is 1.11 bits per heavy atom. The number of anilines is 1. The van der Waals surface area contributed by atoms with Gasteiger partial charge in [-0.3, -0.25) is 14.2 Å². The number of nitrogens with zero attached hydrogens (tertiary/aromatic N) is 1. The number of amides is 1. The van der Waals surface area contributed by atoms with Crippen LogP contribution in [-0.4, -0.2) is 23.6 Å². The fourth-order valence-electron chi connectivity index (χ4n) is 3.31. The molecule has 1 N–H and O–H groups in total. The number of halogens is 4. The summed E-state index contributed by atoms with van der Waals surface area (Å²) in [6.07, 6.45) is 2.29. The highest BCUT2D eigenvalue weighted by Crippen LogP contribution is 2.29. The minimum atomic E-state index is -4.56. The summed E-state index contributed by atoms with van der Waals surface area (Å²) < 4.78 is 44.3. The molecule has 0 saturated carbocycles. The van der Waals surface area contributed by atoms with Crippen molar-refractivity contribution in [1.82, 2.24) is 4.57 Å². The number of ether oxygens (including phenoxy) is 1. The first kappa shape index (κ1) is 25.6. The van der Waals surface area contributed by atoms with Gasteiger partial charge in [0.05, 0.1) is 18.2 Å². The highest BCUT2D eigenvalue weighted by atomic mass is 35.5. The van der Waals surface area contributed by atoms with E-state index in [2.05, 4.69) is 11.2 Å². The molecule has 3 rings (SSSR count). The first-order valence-corrected chi connectivity index (χ1v) is 10.5. The summed E-state index contributed by atoms with van der Waals surface area (Å²) in [7, 11) is 1.17. The van der Waals surface area contributed by atoms with Gasteiger partial charge in [0.1, 0.15) is 11.7 Å². The van der Waals surface area contributed by atoms with E-state index >= 15 is 0 Å². The molecular formula is C25H18ClF3N2O4. The van der Waals surface area contributed by atoms with Crippen LogP contribution in [0.25, 0.3) is 0 Å². The van der Waals surface area contributed by atoms with Crippen LogP contribution >= 0.6 is 11.6 Å². The molecule has 2 aromatic carbocycles. The van der Waals surface area contributed by atoms with Crippen molar-refractivity contribution in [2.75, 3.05) is 12.4 Å². The number of alkyl halides is 3. The third-order valence-electron chi connectivity index (χ3n) is 5.14. The zero-order chi connectivity index (χ0) is 25.8. The molecule has 1 atom stereocenters. The number of nitrogens with one attached hydrogen (secondary N) is 1. The molecule has 6 nitrogen and oxygen atoms in total. The predicted octanol–water partition coefficient (Wildman–Crippen LogP) is 4.71. The minimum Gasteiger partial charge on any atom is -0.467 e. The average molecular weight is 503 g/mol. The van der Waals surface area contributed by atoms with Crippen molar-refractivity contribution in [1.29, 1.82) is 0 Å². The number of benzene rings is 2. The lowest BCUT2D eigenvalue weighted by atomic mass is 10.1. The first-order valence-electron chi connectivity index (χ1n) is 10.1. The molecule has 0 fully saturated rings. The Morgan fingerprint density at radius 2 is 1.74 bits per heavy atom. The quantitative estimate of drug-likeness (QED) is 0.391.